The molecule has 1 N–H and O–H groups in total. The van der Waals surface area contributed by atoms with Crippen LogP contribution in [-0.4, -0.2) is 70.7 Å². The number of anilines is 1. The molecule has 2 aromatic heterocycles. The molecule has 3 aromatic rings. The lowest BCUT2D eigenvalue weighted by atomic mass is 10.2. The molecule has 0 spiro atoms. The molecule has 4 rings (SSSR count). The third-order valence-corrected chi connectivity index (χ3v) is 5.84. The van der Waals surface area contributed by atoms with E-state index in [9.17, 15) is 18.0 Å². The molecule has 12 nitrogen and oxygen atoms in total. The molecule has 1 aliphatic rings. The van der Waals surface area contributed by atoms with Crippen molar-refractivity contribution in [2.24, 2.45) is 0 Å². The van der Waals surface area contributed by atoms with Crippen LogP contribution in [0.25, 0.3) is 6.08 Å². The summed E-state index contributed by atoms with van der Waals surface area (Å²) in [6.45, 7) is 0.753. The lowest BCUT2D eigenvalue weighted by Crippen LogP contribution is -2.47. The summed E-state index contributed by atoms with van der Waals surface area (Å²) >= 11 is 0. The van der Waals surface area contributed by atoms with Gasteiger partial charge in [0.15, 0.2) is 0 Å². The van der Waals surface area contributed by atoms with E-state index in [2.05, 4.69) is 24.7 Å². The van der Waals surface area contributed by atoms with E-state index in [0.717, 1.165) is 11.8 Å². The fourth-order valence-electron chi connectivity index (χ4n) is 3.60. The maximum absolute atomic E-state index is 13.0. The first kappa shape index (κ1) is 24.3. The molecule has 0 bridgehead atoms. The molecule has 2 amide bonds. The van der Waals surface area contributed by atoms with Crippen molar-refractivity contribution < 1.29 is 22.2 Å². The van der Waals surface area contributed by atoms with Crippen molar-refractivity contribution in [3.8, 4) is 0 Å². The Bertz CT molecular complexity index is 1350. The Kier molecular flexibility index (Phi) is 7.07. The van der Waals surface area contributed by atoms with Crippen molar-refractivity contribution in [1.82, 2.24) is 29.9 Å². The van der Waals surface area contributed by atoms with Crippen molar-refractivity contribution in [2.75, 3.05) is 24.8 Å². The fourth-order valence-corrected chi connectivity index (χ4v) is 3.92. The van der Waals surface area contributed by atoms with Gasteiger partial charge in [-0.2, -0.15) is 13.5 Å². The average molecular weight is 500 g/mol. The molecule has 13 heteroatoms. The van der Waals surface area contributed by atoms with Crippen LogP contribution >= 0.6 is 0 Å². The molecule has 35 heavy (non-hydrogen) atoms. The first-order chi connectivity index (χ1) is 16.7. The van der Waals surface area contributed by atoms with Crippen molar-refractivity contribution in [3.63, 3.8) is 0 Å². The van der Waals surface area contributed by atoms with Gasteiger partial charge in [-0.15, -0.1) is 5.10 Å². The molecule has 184 valence electrons. The minimum atomic E-state index is -3.53. The third-order valence-electron chi connectivity index (χ3n) is 5.28. The first-order valence-electron chi connectivity index (χ1n) is 10.8. The zero-order valence-electron chi connectivity index (χ0n) is 19.2. The zero-order chi connectivity index (χ0) is 25.0. The molecule has 0 saturated heterocycles. The summed E-state index contributed by atoms with van der Waals surface area (Å²) in [5.74, 6) is -0.281. The molecule has 0 saturated carbocycles. The number of fused-ring (bicyclic) bond motifs is 1. The van der Waals surface area contributed by atoms with Crippen molar-refractivity contribution in [3.05, 3.63) is 65.9 Å². The quantitative estimate of drug-likeness (QED) is 0.446. The van der Waals surface area contributed by atoms with Gasteiger partial charge in [0, 0.05) is 19.7 Å². The van der Waals surface area contributed by atoms with Gasteiger partial charge >= 0.3 is 0 Å². The number of rotatable bonds is 8. The predicted molar refractivity (Wildman–Crippen MR) is 127 cm³/mol. The van der Waals surface area contributed by atoms with E-state index in [1.54, 1.807) is 28.6 Å². The first-order valence-corrected chi connectivity index (χ1v) is 12.6. The lowest BCUT2D eigenvalue weighted by molar-refractivity contribution is -0.120. The number of nitrogens with one attached hydrogen (secondary N) is 1. The highest BCUT2D eigenvalue weighted by atomic mass is 32.2. The molecular formula is C22H25N7O5S. The molecule has 1 atom stereocenters. The Labute approximate surface area is 202 Å². The molecule has 0 aliphatic carbocycles. The zero-order valence-corrected chi connectivity index (χ0v) is 20.1. The summed E-state index contributed by atoms with van der Waals surface area (Å²) in [6, 6.07) is 10.6. The minimum Gasteiger partial charge on any atom is -0.337 e. The molecule has 3 heterocycles. The summed E-state index contributed by atoms with van der Waals surface area (Å²) in [5.41, 5.74) is 1.57. The lowest BCUT2D eigenvalue weighted by Gasteiger charge is -2.19. The topological polar surface area (TPSA) is 141 Å². The molecule has 1 aromatic carbocycles. The van der Waals surface area contributed by atoms with Gasteiger partial charge < -0.3 is 5.32 Å². The van der Waals surface area contributed by atoms with Gasteiger partial charge in [-0.1, -0.05) is 36.4 Å². The highest BCUT2D eigenvalue weighted by Crippen LogP contribution is 2.22. The largest absolute Gasteiger partial charge is 0.337 e. The van der Waals surface area contributed by atoms with Crippen LogP contribution in [0.1, 0.15) is 28.3 Å². The Morgan fingerprint density at radius 1 is 1.26 bits per heavy atom. The summed E-state index contributed by atoms with van der Waals surface area (Å²) in [6.07, 6.45) is 5.92. The molecule has 0 fully saturated rings. The maximum Gasteiger partial charge on any atom is 0.291 e. The van der Waals surface area contributed by atoms with Crippen LogP contribution in [0, 0.1) is 0 Å². The molecule has 1 aliphatic heterocycles. The van der Waals surface area contributed by atoms with Crippen molar-refractivity contribution >= 4 is 33.8 Å². The van der Waals surface area contributed by atoms with E-state index in [0.29, 0.717) is 31.0 Å². The number of aromatic nitrogens is 5. The predicted octanol–water partition coefficient (Wildman–Crippen LogP) is 0.677. The summed E-state index contributed by atoms with van der Waals surface area (Å²) in [7, 11) is -1.92. The standard InChI is InChI=1S/C22H25N7O5S/c1-27-19-13-17(9-6-12-34-35(2,32)33)25-29(19)11-10-18(22(27)31)24-21(30)20-23-15-28(26-20)14-16-7-4-3-5-8-16/h3-9,13,15,18H,10-12,14H2,1-2H3,(H,24,30)/b9-6+. The van der Waals surface area contributed by atoms with E-state index < -0.39 is 22.1 Å². The Balaban J connectivity index is 1.38. The Morgan fingerprint density at radius 2 is 2.03 bits per heavy atom. The number of carbonyl (C=O) groups is 2. The third kappa shape index (κ3) is 6.19. The van der Waals surface area contributed by atoms with Crippen LogP contribution < -0.4 is 10.2 Å². The Morgan fingerprint density at radius 3 is 2.77 bits per heavy atom. The highest BCUT2D eigenvalue weighted by Gasteiger charge is 2.31. The van der Waals surface area contributed by atoms with Crippen LogP contribution in [0.2, 0.25) is 0 Å². The number of amides is 2. The monoisotopic (exact) mass is 499 g/mol. The number of aryl methyl sites for hydroxylation is 1. The number of hydrogen-bond acceptors (Lipinski definition) is 8. The fraction of sp³-hybridized carbons (Fsp3) is 0.318. The number of nitrogens with zero attached hydrogens (tertiary/aromatic N) is 6. The number of likely N-dealkylation sites (N-methyl/N-ethyl adjacent to an activating group) is 1. The van der Waals surface area contributed by atoms with Crippen LogP contribution in [0.3, 0.4) is 0 Å². The number of hydrogen-bond donors (Lipinski definition) is 1. The van der Waals surface area contributed by atoms with E-state index in [1.165, 1.54) is 17.3 Å². The van der Waals surface area contributed by atoms with E-state index in [1.807, 2.05) is 30.3 Å². The summed E-state index contributed by atoms with van der Waals surface area (Å²) in [4.78, 5) is 31.2. The van der Waals surface area contributed by atoms with Gasteiger partial charge in [0.1, 0.15) is 18.2 Å². The molecule has 0 radical (unpaired) electrons. The van der Waals surface area contributed by atoms with Gasteiger partial charge in [0.25, 0.3) is 21.9 Å². The van der Waals surface area contributed by atoms with Gasteiger partial charge in [-0.25, -0.2) is 14.3 Å². The van der Waals surface area contributed by atoms with Crippen LogP contribution in [0.15, 0.2) is 48.8 Å². The van der Waals surface area contributed by atoms with Crippen LogP contribution in [0.5, 0.6) is 0 Å². The Hall–Kier alpha value is -3.84. The number of carbonyl (C=O) groups excluding carboxylic acids is 2. The number of benzene rings is 1. The minimum absolute atomic E-state index is 0.0119. The van der Waals surface area contributed by atoms with Gasteiger partial charge in [0.2, 0.25) is 5.82 Å². The second-order valence-corrected chi connectivity index (χ2v) is 9.65. The second kappa shape index (κ2) is 10.2. The van der Waals surface area contributed by atoms with Crippen molar-refractivity contribution in [1.29, 1.82) is 0 Å². The van der Waals surface area contributed by atoms with E-state index in [4.69, 9.17) is 0 Å². The van der Waals surface area contributed by atoms with E-state index >= 15 is 0 Å². The normalized spacial score (nSPS) is 16.3. The summed E-state index contributed by atoms with van der Waals surface area (Å²) in [5, 5.41) is 11.4. The van der Waals surface area contributed by atoms with Gasteiger partial charge in [-0.3, -0.25) is 18.7 Å². The van der Waals surface area contributed by atoms with Crippen molar-refractivity contribution in [2.45, 2.75) is 25.6 Å². The van der Waals surface area contributed by atoms with Crippen LogP contribution in [-0.2, 0) is 32.2 Å². The van der Waals surface area contributed by atoms with Gasteiger partial charge in [-0.05, 0) is 18.1 Å². The molecular weight excluding hydrogens is 474 g/mol. The van der Waals surface area contributed by atoms with Crippen LogP contribution in [0.4, 0.5) is 5.82 Å². The molecule has 1 unspecified atom stereocenters. The van der Waals surface area contributed by atoms with E-state index in [-0.39, 0.29) is 18.3 Å². The SMILES string of the molecule is CN1C(=O)C(NC(=O)c2ncn(Cc3ccccc3)n2)CCn2nc(/C=C/COS(C)(=O)=O)cc21. The summed E-state index contributed by atoms with van der Waals surface area (Å²) < 4.78 is 30.0. The van der Waals surface area contributed by atoms with Gasteiger partial charge in [0.05, 0.1) is 25.1 Å². The average Bonchev–Trinajstić information content (AvgIpc) is 3.43. The highest BCUT2D eigenvalue weighted by molar-refractivity contribution is 7.85. The smallest absolute Gasteiger partial charge is 0.291 e. The maximum atomic E-state index is 13.0. The second-order valence-electron chi connectivity index (χ2n) is 8.00.